The standard InChI is InChI=1S/C13H24N4O2S/c1-9(2)14-7-12-10(3)15-16-13(12)20(18,19)17(4)8-11-5-6-11/h9,11,14H,5-8H2,1-4H3,(H,15,16). The molecule has 1 aliphatic rings. The van der Waals surface area contributed by atoms with Crippen LogP contribution in [-0.2, 0) is 16.6 Å². The molecule has 0 aliphatic heterocycles. The smallest absolute Gasteiger partial charge is 0.262 e. The van der Waals surface area contributed by atoms with Gasteiger partial charge in [-0.2, -0.15) is 9.40 Å². The van der Waals surface area contributed by atoms with E-state index >= 15 is 0 Å². The SMILES string of the molecule is Cc1[nH]nc(S(=O)(=O)N(C)CC2CC2)c1CNC(C)C. The van der Waals surface area contributed by atoms with Crippen LogP contribution in [0.5, 0.6) is 0 Å². The highest BCUT2D eigenvalue weighted by Crippen LogP contribution is 2.31. The number of sulfonamides is 1. The number of rotatable bonds is 7. The van der Waals surface area contributed by atoms with Crippen molar-refractivity contribution >= 4 is 10.0 Å². The highest BCUT2D eigenvalue weighted by atomic mass is 32.2. The van der Waals surface area contributed by atoms with Crippen LogP contribution in [0.2, 0.25) is 0 Å². The van der Waals surface area contributed by atoms with Gasteiger partial charge < -0.3 is 5.32 Å². The van der Waals surface area contributed by atoms with E-state index in [1.165, 1.54) is 4.31 Å². The second kappa shape index (κ2) is 5.83. The predicted molar refractivity (Wildman–Crippen MR) is 77.8 cm³/mol. The molecule has 20 heavy (non-hydrogen) atoms. The number of hydrogen-bond acceptors (Lipinski definition) is 4. The van der Waals surface area contributed by atoms with Crippen molar-refractivity contribution in [1.29, 1.82) is 0 Å². The first-order valence-corrected chi connectivity index (χ1v) is 8.50. The van der Waals surface area contributed by atoms with Crippen molar-refractivity contribution in [2.75, 3.05) is 13.6 Å². The summed E-state index contributed by atoms with van der Waals surface area (Å²) in [5.74, 6) is 0.520. The zero-order valence-corrected chi connectivity index (χ0v) is 13.4. The van der Waals surface area contributed by atoms with E-state index in [2.05, 4.69) is 15.5 Å². The largest absolute Gasteiger partial charge is 0.310 e. The monoisotopic (exact) mass is 300 g/mol. The molecule has 1 fully saturated rings. The lowest BCUT2D eigenvalue weighted by atomic mass is 10.2. The van der Waals surface area contributed by atoms with Crippen LogP contribution < -0.4 is 5.32 Å². The summed E-state index contributed by atoms with van der Waals surface area (Å²) >= 11 is 0. The van der Waals surface area contributed by atoms with Crippen LogP contribution in [-0.4, -0.2) is 42.6 Å². The van der Waals surface area contributed by atoms with E-state index in [0.717, 1.165) is 24.1 Å². The summed E-state index contributed by atoms with van der Waals surface area (Å²) in [6.45, 7) is 7.01. The summed E-state index contributed by atoms with van der Waals surface area (Å²) in [5.41, 5.74) is 1.54. The Labute approximate surface area is 121 Å². The maximum Gasteiger partial charge on any atom is 0.262 e. The molecule has 1 aromatic rings. The molecular formula is C13H24N4O2S. The molecule has 0 saturated heterocycles. The topological polar surface area (TPSA) is 78.1 Å². The van der Waals surface area contributed by atoms with Gasteiger partial charge >= 0.3 is 0 Å². The van der Waals surface area contributed by atoms with E-state index in [1.54, 1.807) is 7.05 Å². The normalized spacial score (nSPS) is 16.3. The van der Waals surface area contributed by atoms with Gasteiger partial charge in [0.25, 0.3) is 10.0 Å². The molecule has 2 rings (SSSR count). The minimum Gasteiger partial charge on any atom is -0.310 e. The zero-order valence-electron chi connectivity index (χ0n) is 12.6. The molecule has 6 nitrogen and oxygen atoms in total. The van der Waals surface area contributed by atoms with E-state index in [-0.39, 0.29) is 5.03 Å². The van der Waals surface area contributed by atoms with Gasteiger partial charge in [-0.25, -0.2) is 8.42 Å². The molecule has 0 aromatic carbocycles. The van der Waals surface area contributed by atoms with E-state index in [0.29, 0.717) is 25.0 Å². The van der Waals surface area contributed by atoms with Gasteiger partial charge in [-0.3, -0.25) is 5.10 Å². The maximum absolute atomic E-state index is 12.6. The zero-order chi connectivity index (χ0) is 14.9. The van der Waals surface area contributed by atoms with E-state index in [1.807, 2.05) is 20.8 Å². The Bertz CT molecular complexity index is 561. The fraction of sp³-hybridized carbons (Fsp3) is 0.769. The molecule has 0 unspecified atom stereocenters. The molecule has 0 radical (unpaired) electrons. The number of nitrogens with one attached hydrogen (secondary N) is 2. The van der Waals surface area contributed by atoms with Crippen LogP contribution in [0.4, 0.5) is 0 Å². The predicted octanol–water partition coefficient (Wildman–Crippen LogP) is 1.25. The molecule has 0 amide bonds. The number of nitrogens with zero attached hydrogens (tertiary/aromatic N) is 2. The average Bonchev–Trinajstić information content (AvgIpc) is 3.08. The first-order chi connectivity index (χ1) is 9.32. The van der Waals surface area contributed by atoms with Crippen molar-refractivity contribution in [2.45, 2.75) is 51.2 Å². The Morgan fingerprint density at radius 1 is 1.45 bits per heavy atom. The van der Waals surface area contributed by atoms with Gasteiger partial charge in [0.05, 0.1) is 0 Å². The summed E-state index contributed by atoms with van der Waals surface area (Å²) in [5, 5.41) is 10.2. The summed E-state index contributed by atoms with van der Waals surface area (Å²) < 4.78 is 26.6. The summed E-state index contributed by atoms with van der Waals surface area (Å²) in [4.78, 5) is 0. The molecule has 0 bridgehead atoms. The number of hydrogen-bond donors (Lipinski definition) is 2. The van der Waals surface area contributed by atoms with Gasteiger partial charge in [-0.05, 0) is 25.7 Å². The lowest BCUT2D eigenvalue weighted by Gasteiger charge is -2.16. The molecule has 2 N–H and O–H groups in total. The van der Waals surface area contributed by atoms with Crippen LogP contribution in [0.3, 0.4) is 0 Å². The first kappa shape index (κ1) is 15.5. The van der Waals surface area contributed by atoms with Gasteiger partial charge in [0.1, 0.15) is 0 Å². The molecule has 7 heteroatoms. The lowest BCUT2D eigenvalue weighted by Crippen LogP contribution is -2.31. The fourth-order valence-electron chi connectivity index (χ4n) is 2.07. The van der Waals surface area contributed by atoms with Crippen LogP contribution in [0.1, 0.15) is 37.9 Å². The lowest BCUT2D eigenvalue weighted by molar-refractivity contribution is 0.448. The van der Waals surface area contributed by atoms with E-state index in [9.17, 15) is 8.42 Å². The Hall–Kier alpha value is -0.920. The molecule has 0 spiro atoms. The molecule has 1 heterocycles. The first-order valence-electron chi connectivity index (χ1n) is 7.06. The van der Waals surface area contributed by atoms with Crippen molar-refractivity contribution in [3.05, 3.63) is 11.3 Å². The van der Waals surface area contributed by atoms with Crippen molar-refractivity contribution < 1.29 is 8.42 Å². The highest BCUT2D eigenvalue weighted by molar-refractivity contribution is 7.89. The summed E-state index contributed by atoms with van der Waals surface area (Å²) in [6.07, 6.45) is 2.25. The second-order valence-electron chi connectivity index (χ2n) is 5.90. The number of aromatic amines is 1. The highest BCUT2D eigenvalue weighted by Gasteiger charge is 2.32. The van der Waals surface area contributed by atoms with Gasteiger partial charge in [0.2, 0.25) is 0 Å². The van der Waals surface area contributed by atoms with Gasteiger partial charge in [0.15, 0.2) is 5.03 Å². The molecule has 1 saturated carbocycles. The summed E-state index contributed by atoms with van der Waals surface area (Å²) in [7, 11) is -1.86. The molecule has 0 atom stereocenters. The Kier molecular flexibility index (Phi) is 4.51. The van der Waals surface area contributed by atoms with E-state index in [4.69, 9.17) is 0 Å². The minimum atomic E-state index is -3.50. The van der Waals surface area contributed by atoms with Crippen LogP contribution in [0.15, 0.2) is 5.03 Å². The van der Waals surface area contributed by atoms with Crippen molar-refractivity contribution in [3.8, 4) is 0 Å². The van der Waals surface area contributed by atoms with Crippen molar-refractivity contribution in [2.24, 2.45) is 5.92 Å². The maximum atomic E-state index is 12.6. The fourth-order valence-corrected chi connectivity index (χ4v) is 3.47. The average molecular weight is 300 g/mol. The van der Waals surface area contributed by atoms with Crippen LogP contribution >= 0.6 is 0 Å². The number of aromatic nitrogens is 2. The second-order valence-corrected chi connectivity index (χ2v) is 7.86. The minimum absolute atomic E-state index is 0.159. The third kappa shape index (κ3) is 3.39. The van der Waals surface area contributed by atoms with E-state index < -0.39 is 10.0 Å². The Morgan fingerprint density at radius 2 is 2.10 bits per heavy atom. The Balaban J connectivity index is 2.21. The molecule has 114 valence electrons. The summed E-state index contributed by atoms with van der Waals surface area (Å²) in [6, 6.07) is 0.295. The van der Waals surface area contributed by atoms with Gasteiger partial charge in [0, 0.05) is 37.4 Å². The molecule has 1 aromatic heterocycles. The number of aryl methyl sites for hydroxylation is 1. The molecule has 1 aliphatic carbocycles. The van der Waals surface area contributed by atoms with Crippen molar-refractivity contribution in [1.82, 2.24) is 19.8 Å². The number of H-pyrrole nitrogens is 1. The van der Waals surface area contributed by atoms with Crippen LogP contribution in [0, 0.1) is 12.8 Å². The van der Waals surface area contributed by atoms with Gasteiger partial charge in [-0.15, -0.1) is 0 Å². The third-order valence-electron chi connectivity index (χ3n) is 3.59. The Morgan fingerprint density at radius 3 is 2.65 bits per heavy atom. The third-order valence-corrected chi connectivity index (χ3v) is 5.39. The van der Waals surface area contributed by atoms with Crippen molar-refractivity contribution in [3.63, 3.8) is 0 Å². The molecular weight excluding hydrogens is 276 g/mol. The van der Waals surface area contributed by atoms with Crippen LogP contribution in [0.25, 0.3) is 0 Å². The van der Waals surface area contributed by atoms with Gasteiger partial charge in [-0.1, -0.05) is 13.8 Å². The quantitative estimate of drug-likeness (QED) is 0.794.